The van der Waals surface area contributed by atoms with Crippen molar-refractivity contribution >= 4 is 5.91 Å². The lowest BCUT2D eigenvalue weighted by molar-refractivity contribution is -0.120. The van der Waals surface area contributed by atoms with Gasteiger partial charge in [-0.15, -0.1) is 0 Å². The van der Waals surface area contributed by atoms with Crippen LogP contribution in [-0.2, 0) is 4.79 Å². The Kier molecular flexibility index (Phi) is 2.86. The molecule has 1 heterocycles. The number of carbonyl (C=O) groups is 1. The van der Waals surface area contributed by atoms with Crippen molar-refractivity contribution in [3.63, 3.8) is 0 Å². The summed E-state index contributed by atoms with van der Waals surface area (Å²) in [6.45, 7) is 5.57. The minimum absolute atomic E-state index is 0.0914. The number of nitrogens with one attached hydrogen (secondary N) is 1. The fraction of sp³-hybridized carbons (Fsp3) is 0.300. The summed E-state index contributed by atoms with van der Waals surface area (Å²) in [4.78, 5) is 11.0. The highest BCUT2D eigenvalue weighted by Crippen LogP contribution is 2.18. The molecule has 1 amide bonds. The molecule has 1 rings (SSSR count). The molecule has 2 heteroatoms. The Morgan fingerprint density at radius 3 is 2.83 bits per heavy atom. The second-order valence-electron chi connectivity index (χ2n) is 2.68. The zero-order valence-electron chi connectivity index (χ0n) is 7.26. The van der Waals surface area contributed by atoms with Crippen LogP contribution >= 0.6 is 0 Å². The quantitative estimate of drug-likeness (QED) is 0.628. The van der Waals surface area contributed by atoms with E-state index in [-0.39, 0.29) is 5.91 Å². The third kappa shape index (κ3) is 1.84. The zero-order valence-corrected chi connectivity index (χ0v) is 7.26. The zero-order chi connectivity index (χ0) is 8.97. The highest BCUT2D eigenvalue weighted by molar-refractivity contribution is 5.81. The van der Waals surface area contributed by atoms with E-state index in [1.165, 1.54) is 5.57 Å². The van der Waals surface area contributed by atoms with E-state index in [0.717, 1.165) is 12.1 Å². The summed E-state index contributed by atoms with van der Waals surface area (Å²) >= 11 is 0. The van der Waals surface area contributed by atoms with Gasteiger partial charge in [0.15, 0.2) is 0 Å². The maximum absolute atomic E-state index is 11.0. The Labute approximate surface area is 72.7 Å². The Hall–Kier alpha value is -1.31. The smallest absolute Gasteiger partial charge is 0.224 e. The van der Waals surface area contributed by atoms with Gasteiger partial charge in [0.1, 0.15) is 0 Å². The number of hydrogen-bond acceptors (Lipinski definition) is 1. The first-order valence-electron chi connectivity index (χ1n) is 4.06. The number of carbonyl (C=O) groups excluding carboxylic acids is 1. The summed E-state index contributed by atoms with van der Waals surface area (Å²) < 4.78 is 0. The Morgan fingerprint density at radius 2 is 2.25 bits per heavy atom. The summed E-state index contributed by atoms with van der Waals surface area (Å²) in [5.74, 6) is 0.0914. The highest BCUT2D eigenvalue weighted by Gasteiger charge is 2.15. The molecule has 0 aromatic heterocycles. The van der Waals surface area contributed by atoms with Gasteiger partial charge < -0.3 is 5.32 Å². The normalized spacial score (nSPS) is 24.2. The van der Waals surface area contributed by atoms with Crippen LogP contribution in [0.3, 0.4) is 0 Å². The van der Waals surface area contributed by atoms with Crippen molar-refractivity contribution in [1.29, 1.82) is 0 Å². The fourth-order valence-electron chi connectivity index (χ4n) is 1.24. The summed E-state index contributed by atoms with van der Waals surface area (Å²) in [6.07, 6.45) is 6.96. The van der Waals surface area contributed by atoms with Crippen LogP contribution in [0.25, 0.3) is 0 Å². The summed E-state index contributed by atoms with van der Waals surface area (Å²) in [5, 5.41) is 2.80. The molecule has 0 radical (unpaired) electrons. The monoisotopic (exact) mass is 163 g/mol. The van der Waals surface area contributed by atoms with Crippen molar-refractivity contribution in [2.24, 2.45) is 0 Å². The maximum atomic E-state index is 11.0. The van der Waals surface area contributed by atoms with E-state index in [4.69, 9.17) is 0 Å². The molecule has 2 nitrogen and oxygen atoms in total. The molecule has 64 valence electrons. The van der Waals surface area contributed by atoms with Gasteiger partial charge in [-0.25, -0.2) is 0 Å². The third-order valence-corrected chi connectivity index (χ3v) is 1.87. The molecule has 1 fully saturated rings. The van der Waals surface area contributed by atoms with Gasteiger partial charge in [0.25, 0.3) is 0 Å². The molecule has 12 heavy (non-hydrogen) atoms. The molecule has 0 spiro atoms. The molecule has 0 unspecified atom stereocenters. The van der Waals surface area contributed by atoms with Gasteiger partial charge in [0, 0.05) is 12.1 Å². The van der Waals surface area contributed by atoms with Crippen molar-refractivity contribution < 1.29 is 4.79 Å². The number of amides is 1. The second-order valence-corrected chi connectivity index (χ2v) is 2.68. The summed E-state index contributed by atoms with van der Waals surface area (Å²) in [6, 6.07) is 0. The van der Waals surface area contributed by atoms with Crippen molar-refractivity contribution in [1.82, 2.24) is 5.32 Å². The van der Waals surface area contributed by atoms with Crippen LogP contribution in [0, 0.1) is 0 Å². The van der Waals surface area contributed by atoms with Crippen LogP contribution in [0.2, 0.25) is 0 Å². The standard InChI is InChI=1S/C10H13NO/c1-3-5-9-8(4-2)6-7-10(12)11-9/h3-5H,1,6-7H2,2H3,(H,11,12)/b8-4-,9-5+. The maximum Gasteiger partial charge on any atom is 0.224 e. The first-order valence-corrected chi connectivity index (χ1v) is 4.06. The second kappa shape index (κ2) is 3.90. The average molecular weight is 163 g/mol. The SMILES string of the molecule is C=C/C=C1/NC(=O)CC/C1=C/C. The van der Waals surface area contributed by atoms with Gasteiger partial charge in [-0.05, 0) is 25.0 Å². The third-order valence-electron chi connectivity index (χ3n) is 1.87. The molecular weight excluding hydrogens is 150 g/mol. The van der Waals surface area contributed by atoms with Gasteiger partial charge in [0.05, 0.1) is 0 Å². The molecule has 0 aliphatic carbocycles. The molecule has 0 aromatic carbocycles. The largest absolute Gasteiger partial charge is 0.326 e. The van der Waals surface area contributed by atoms with Crippen molar-refractivity contribution in [2.75, 3.05) is 0 Å². The first kappa shape index (κ1) is 8.78. The number of rotatable bonds is 1. The molecule has 1 saturated heterocycles. The van der Waals surface area contributed by atoms with Crippen LogP contribution in [0.4, 0.5) is 0 Å². The Bertz CT molecular complexity index is 261. The van der Waals surface area contributed by atoms with E-state index in [1.807, 2.05) is 19.1 Å². The molecule has 0 saturated carbocycles. The molecule has 1 aliphatic rings. The van der Waals surface area contributed by atoms with Gasteiger partial charge in [-0.1, -0.05) is 18.7 Å². The molecule has 1 N–H and O–H groups in total. The number of piperidine rings is 1. The van der Waals surface area contributed by atoms with Gasteiger partial charge >= 0.3 is 0 Å². The van der Waals surface area contributed by atoms with Crippen molar-refractivity contribution in [3.8, 4) is 0 Å². The fourth-order valence-corrected chi connectivity index (χ4v) is 1.24. The van der Waals surface area contributed by atoms with Gasteiger partial charge in [0.2, 0.25) is 5.91 Å². The highest BCUT2D eigenvalue weighted by atomic mass is 16.1. The molecule has 1 aliphatic heterocycles. The summed E-state index contributed by atoms with van der Waals surface area (Å²) in [7, 11) is 0. The van der Waals surface area contributed by atoms with Crippen molar-refractivity contribution in [3.05, 3.63) is 36.1 Å². The number of allylic oxidation sites excluding steroid dienone is 4. The van der Waals surface area contributed by atoms with E-state index in [1.54, 1.807) is 6.08 Å². The molecular formula is C10H13NO. The number of hydrogen-bond donors (Lipinski definition) is 1. The lowest BCUT2D eigenvalue weighted by atomic mass is 10.0. The topological polar surface area (TPSA) is 29.1 Å². The molecule has 0 atom stereocenters. The van der Waals surface area contributed by atoms with E-state index in [0.29, 0.717) is 6.42 Å². The lowest BCUT2D eigenvalue weighted by Gasteiger charge is -2.18. The van der Waals surface area contributed by atoms with Crippen LogP contribution < -0.4 is 5.32 Å². The van der Waals surface area contributed by atoms with Gasteiger partial charge in [-0.2, -0.15) is 0 Å². The van der Waals surface area contributed by atoms with E-state index >= 15 is 0 Å². The Morgan fingerprint density at radius 1 is 1.50 bits per heavy atom. The minimum Gasteiger partial charge on any atom is -0.326 e. The predicted octanol–water partition coefficient (Wildman–Crippen LogP) is 1.91. The van der Waals surface area contributed by atoms with E-state index in [9.17, 15) is 4.79 Å². The minimum atomic E-state index is 0.0914. The van der Waals surface area contributed by atoms with Crippen LogP contribution in [0.15, 0.2) is 36.1 Å². The Balaban J connectivity index is 2.85. The molecule has 0 bridgehead atoms. The predicted molar refractivity (Wildman–Crippen MR) is 49.4 cm³/mol. The summed E-state index contributed by atoms with van der Waals surface area (Å²) in [5.41, 5.74) is 2.08. The van der Waals surface area contributed by atoms with E-state index in [2.05, 4.69) is 11.9 Å². The van der Waals surface area contributed by atoms with E-state index < -0.39 is 0 Å². The van der Waals surface area contributed by atoms with Crippen LogP contribution in [-0.4, -0.2) is 5.91 Å². The van der Waals surface area contributed by atoms with Crippen molar-refractivity contribution in [2.45, 2.75) is 19.8 Å². The molecule has 0 aromatic rings. The average Bonchev–Trinajstić information content (AvgIpc) is 2.05. The lowest BCUT2D eigenvalue weighted by Crippen LogP contribution is -2.28. The van der Waals surface area contributed by atoms with Crippen LogP contribution in [0.1, 0.15) is 19.8 Å². The van der Waals surface area contributed by atoms with Gasteiger partial charge in [-0.3, -0.25) is 4.79 Å². The first-order chi connectivity index (χ1) is 5.77. The van der Waals surface area contributed by atoms with Crippen LogP contribution in [0.5, 0.6) is 0 Å².